The van der Waals surface area contributed by atoms with Crippen LogP contribution in [0.25, 0.3) is 10.2 Å². The number of carbonyl (C=O) groups excluding carboxylic acids is 1. The maximum atomic E-state index is 12.2. The fourth-order valence-electron chi connectivity index (χ4n) is 2.37. The third-order valence-corrected chi connectivity index (χ3v) is 4.35. The fraction of sp³-hybridized carbons (Fsp3) is 0.429. The minimum absolute atomic E-state index is 0.0130. The number of hydrogen-bond acceptors (Lipinski definition) is 3. The monoisotopic (exact) mass is 275 g/mol. The highest BCUT2D eigenvalue weighted by atomic mass is 32.1. The molecular weight excluding hydrogens is 258 g/mol. The van der Waals surface area contributed by atoms with E-state index >= 15 is 0 Å². The Bertz CT molecular complexity index is 540. The summed E-state index contributed by atoms with van der Waals surface area (Å²) in [5.74, 6) is 0. The van der Waals surface area contributed by atoms with Crippen LogP contribution in [-0.2, 0) is 0 Å². The first-order valence-electron chi connectivity index (χ1n) is 6.74. The lowest BCUT2D eigenvalue weighted by Crippen LogP contribution is -2.35. The van der Waals surface area contributed by atoms with E-state index in [-0.39, 0.29) is 6.03 Å². The van der Waals surface area contributed by atoms with Crippen LogP contribution in [0.3, 0.4) is 0 Å². The zero-order chi connectivity index (χ0) is 13.1. The van der Waals surface area contributed by atoms with Crippen molar-refractivity contribution in [3.63, 3.8) is 0 Å². The smallest absolute Gasteiger partial charge is 0.323 e. The number of nitrogens with one attached hydrogen (secondary N) is 1. The second kappa shape index (κ2) is 5.57. The Hall–Kier alpha value is -1.62. The van der Waals surface area contributed by atoms with E-state index in [0.717, 1.165) is 36.1 Å². The molecule has 0 saturated carbocycles. The van der Waals surface area contributed by atoms with E-state index < -0.39 is 0 Å². The molecule has 5 heteroatoms. The number of fused-ring (bicyclic) bond motifs is 1. The zero-order valence-electron chi connectivity index (χ0n) is 10.8. The van der Waals surface area contributed by atoms with Crippen LogP contribution in [0.2, 0.25) is 0 Å². The van der Waals surface area contributed by atoms with Gasteiger partial charge in [-0.1, -0.05) is 36.3 Å². The fourth-order valence-corrected chi connectivity index (χ4v) is 3.23. The molecule has 4 nitrogen and oxygen atoms in total. The van der Waals surface area contributed by atoms with Gasteiger partial charge >= 0.3 is 6.03 Å². The predicted octanol–water partition coefficient (Wildman–Crippen LogP) is 3.70. The van der Waals surface area contributed by atoms with Crippen LogP contribution in [0.15, 0.2) is 24.3 Å². The van der Waals surface area contributed by atoms with E-state index in [1.807, 2.05) is 29.2 Å². The van der Waals surface area contributed by atoms with Crippen molar-refractivity contribution >= 4 is 32.7 Å². The Labute approximate surface area is 116 Å². The second-order valence-electron chi connectivity index (χ2n) is 4.82. The van der Waals surface area contributed by atoms with Gasteiger partial charge in [-0.3, -0.25) is 5.32 Å². The molecule has 0 spiro atoms. The van der Waals surface area contributed by atoms with E-state index in [4.69, 9.17) is 0 Å². The minimum atomic E-state index is -0.0130. The van der Waals surface area contributed by atoms with Crippen molar-refractivity contribution < 1.29 is 4.79 Å². The van der Waals surface area contributed by atoms with Crippen LogP contribution < -0.4 is 5.32 Å². The van der Waals surface area contributed by atoms with Crippen molar-refractivity contribution in [2.45, 2.75) is 25.7 Å². The molecule has 19 heavy (non-hydrogen) atoms. The maximum absolute atomic E-state index is 12.2. The highest BCUT2D eigenvalue weighted by Gasteiger charge is 2.16. The van der Waals surface area contributed by atoms with E-state index in [9.17, 15) is 4.79 Å². The number of hydrogen-bond donors (Lipinski definition) is 1. The SMILES string of the molecule is O=C(Nc1nc2ccccc2s1)N1CCCCCC1. The van der Waals surface area contributed by atoms with Gasteiger partial charge < -0.3 is 4.90 Å². The molecule has 0 bridgehead atoms. The molecule has 1 fully saturated rings. The highest BCUT2D eigenvalue weighted by Crippen LogP contribution is 2.25. The lowest BCUT2D eigenvalue weighted by atomic mass is 10.2. The molecule has 0 aliphatic carbocycles. The molecule has 0 unspecified atom stereocenters. The number of para-hydroxylation sites is 1. The van der Waals surface area contributed by atoms with Gasteiger partial charge in [-0.2, -0.15) is 0 Å². The molecule has 3 rings (SSSR count). The molecule has 2 aromatic rings. The number of carbonyl (C=O) groups is 1. The number of anilines is 1. The number of amides is 2. The van der Waals surface area contributed by atoms with Gasteiger partial charge in [-0.05, 0) is 25.0 Å². The molecule has 100 valence electrons. The number of likely N-dealkylation sites (tertiary alicyclic amines) is 1. The van der Waals surface area contributed by atoms with Gasteiger partial charge in [0.2, 0.25) is 0 Å². The van der Waals surface area contributed by atoms with Crippen LogP contribution in [-0.4, -0.2) is 29.0 Å². The van der Waals surface area contributed by atoms with E-state index in [1.165, 1.54) is 24.2 Å². The van der Waals surface area contributed by atoms with Crippen LogP contribution in [0, 0.1) is 0 Å². The molecule has 0 atom stereocenters. The minimum Gasteiger partial charge on any atom is -0.324 e. The van der Waals surface area contributed by atoms with Gasteiger partial charge in [-0.25, -0.2) is 9.78 Å². The Morgan fingerprint density at radius 3 is 2.63 bits per heavy atom. The average molecular weight is 275 g/mol. The number of rotatable bonds is 1. The summed E-state index contributed by atoms with van der Waals surface area (Å²) in [6.45, 7) is 1.72. The molecule has 2 heterocycles. The largest absolute Gasteiger partial charge is 0.324 e. The summed E-state index contributed by atoms with van der Waals surface area (Å²) < 4.78 is 1.11. The lowest BCUT2D eigenvalue weighted by molar-refractivity contribution is 0.214. The number of benzene rings is 1. The van der Waals surface area contributed by atoms with Crippen molar-refractivity contribution in [3.8, 4) is 0 Å². The first-order valence-corrected chi connectivity index (χ1v) is 7.56. The van der Waals surface area contributed by atoms with Gasteiger partial charge in [0.1, 0.15) is 0 Å². The summed E-state index contributed by atoms with van der Waals surface area (Å²) in [6, 6.07) is 7.92. The van der Waals surface area contributed by atoms with Crippen molar-refractivity contribution in [1.82, 2.24) is 9.88 Å². The third-order valence-electron chi connectivity index (χ3n) is 3.40. The topological polar surface area (TPSA) is 45.2 Å². The van der Waals surface area contributed by atoms with E-state index in [0.29, 0.717) is 5.13 Å². The van der Waals surface area contributed by atoms with Crippen LogP contribution in [0.1, 0.15) is 25.7 Å². The van der Waals surface area contributed by atoms with Crippen molar-refractivity contribution in [2.75, 3.05) is 18.4 Å². The molecule has 1 aromatic heterocycles. The van der Waals surface area contributed by atoms with Gasteiger partial charge in [-0.15, -0.1) is 0 Å². The number of thiazole rings is 1. The summed E-state index contributed by atoms with van der Waals surface area (Å²) >= 11 is 1.53. The van der Waals surface area contributed by atoms with Crippen LogP contribution in [0.4, 0.5) is 9.93 Å². The molecule has 0 radical (unpaired) electrons. The molecule has 1 aliphatic heterocycles. The second-order valence-corrected chi connectivity index (χ2v) is 5.85. The zero-order valence-corrected chi connectivity index (χ0v) is 11.6. The van der Waals surface area contributed by atoms with Crippen molar-refractivity contribution in [1.29, 1.82) is 0 Å². The quantitative estimate of drug-likeness (QED) is 0.862. The Morgan fingerprint density at radius 2 is 1.89 bits per heavy atom. The first-order chi connectivity index (χ1) is 9.33. The molecular formula is C14H17N3OS. The highest BCUT2D eigenvalue weighted by molar-refractivity contribution is 7.22. The summed E-state index contributed by atoms with van der Waals surface area (Å²) in [5, 5.41) is 3.61. The molecule has 1 N–H and O–H groups in total. The Kier molecular flexibility index (Phi) is 3.64. The standard InChI is InChI=1S/C14H17N3OS/c18-14(17-9-5-1-2-6-10-17)16-13-15-11-7-3-4-8-12(11)19-13/h3-4,7-8H,1-2,5-6,9-10H2,(H,15,16,18). The van der Waals surface area contributed by atoms with Crippen molar-refractivity contribution in [3.05, 3.63) is 24.3 Å². The first kappa shape index (κ1) is 12.4. The Balaban J connectivity index is 1.71. The van der Waals surface area contributed by atoms with E-state index in [1.54, 1.807) is 0 Å². The molecule has 1 saturated heterocycles. The van der Waals surface area contributed by atoms with Gasteiger partial charge in [0.05, 0.1) is 10.2 Å². The van der Waals surface area contributed by atoms with Crippen LogP contribution >= 0.6 is 11.3 Å². The van der Waals surface area contributed by atoms with E-state index in [2.05, 4.69) is 10.3 Å². The van der Waals surface area contributed by atoms with Crippen molar-refractivity contribution in [2.24, 2.45) is 0 Å². The number of aromatic nitrogens is 1. The summed E-state index contributed by atoms with van der Waals surface area (Å²) in [4.78, 5) is 18.5. The predicted molar refractivity (Wildman–Crippen MR) is 78.7 cm³/mol. The molecule has 1 aromatic carbocycles. The summed E-state index contributed by atoms with van der Waals surface area (Å²) in [5.41, 5.74) is 0.943. The number of urea groups is 1. The Morgan fingerprint density at radius 1 is 1.16 bits per heavy atom. The summed E-state index contributed by atoms with van der Waals surface area (Å²) in [7, 11) is 0. The van der Waals surface area contributed by atoms with Crippen LogP contribution in [0.5, 0.6) is 0 Å². The maximum Gasteiger partial charge on any atom is 0.323 e. The molecule has 2 amide bonds. The normalized spacial score (nSPS) is 16.3. The van der Waals surface area contributed by atoms with Gasteiger partial charge in [0.15, 0.2) is 5.13 Å². The molecule has 1 aliphatic rings. The number of nitrogens with zero attached hydrogens (tertiary/aromatic N) is 2. The average Bonchev–Trinajstić information content (AvgIpc) is 2.63. The van der Waals surface area contributed by atoms with Gasteiger partial charge in [0, 0.05) is 13.1 Å². The lowest BCUT2D eigenvalue weighted by Gasteiger charge is -2.19. The third kappa shape index (κ3) is 2.87. The summed E-state index contributed by atoms with van der Waals surface area (Å²) in [6.07, 6.45) is 4.66. The van der Waals surface area contributed by atoms with Gasteiger partial charge in [0.25, 0.3) is 0 Å².